The average molecular weight is 325 g/mol. The summed E-state index contributed by atoms with van der Waals surface area (Å²) in [5.74, 6) is 0. The molecule has 5 nitrogen and oxygen atoms in total. The van der Waals surface area contributed by atoms with E-state index in [4.69, 9.17) is 4.74 Å². The first-order chi connectivity index (χ1) is 10.6. The largest absolute Gasteiger partial charge is 0.379 e. The Hall–Kier alpha value is -1.11. The van der Waals surface area contributed by atoms with Crippen molar-refractivity contribution < 1.29 is 9.53 Å². The van der Waals surface area contributed by atoms with Gasteiger partial charge in [-0.25, -0.2) is 4.79 Å². The van der Waals surface area contributed by atoms with Gasteiger partial charge >= 0.3 is 6.03 Å². The van der Waals surface area contributed by atoms with Gasteiger partial charge in [-0.2, -0.15) is 0 Å². The Bertz CT molecular complexity index is 429. The molecule has 0 aromatic carbocycles. The van der Waals surface area contributed by atoms with Gasteiger partial charge in [0.25, 0.3) is 0 Å². The number of carbonyl (C=O) groups excluding carboxylic acids is 1. The summed E-state index contributed by atoms with van der Waals surface area (Å²) in [4.78, 5) is 17.8. The van der Waals surface area contributed by atoms with E-state index in [0.29, 0.717) is 13.2 Å². The van der Waals surface area contributed by atoms with Crippen LogP contribution in [-0.2, 0) is 11.3 Å². The molecule has 0 bridgehead atoms. The fraction of sp³-hybridized carbons (Fsp3) is 0.688. The maximum absolute atomic E-state index is 12.1. The first-order valence-corrected chi connectivity index (χ1v) is 8.92. The topological polar surface area (TPSA) is 44.8 Å². The number of ether oxygens (including phenoxy) is 1. The van der Waals surface area contributed by atoms with E-state index in [-0.39, 0.29) is 12.1 Å². The predicted octanol–water partition coefficient (Wildman–Crippen LogP) is 2.39. The highest BCUT2D eigenvalue weighted by atomic mass is 32.1. The summed E-state index contributed by atoms with van der Waals surface area (Å²) < 4.78 is 5.46. The molecule has 2 amide bonds. The summed E-state index contributed by atoms with van der Waals surface area (Å²) in [6.07, 6.45) is 1.12. The minimum absolute atomic E-state index is 0.0559. The monoisotopic (exact) mass is 325 g/mol. The van der Waals surface area contributed by atoms with Crippen LogP contribution in [0.1, 0.15) is 25.1 Å². The molecule has 1 fully saturated rings. The first kappa shape index (κ1) is 17.2. The number of urea groups is 1. The van der Waals surface area contributed by atoms with Crippen LogP contribution >= 0.6 is 11.3 Å². The molecule has 0 spiro atoms. The maximum atomic E-state index is 12.1. The van der Waals surface area contributed by atoms with Crippen molar-refractivity contribution in [3.63, 3.8) is 0 Å². The molecule has 0 saturated carbocycles. The van der Waals surface area contributed by atoms with E-state index in [1.165, 1.54) is 4.88 Å². The number of nitrogens with zero attached hydrogens (tertiary/aromatic N) is 2. The highest BCUT2D eigenvalue weighted by Crippen LogP contribution is 2.13. The van der Waals surface area contributed by atoms with Crippen molar-refractivity contribution in [3.8, 4) is 0 Å². The molecule has 1 N–H and O–H groups in total. The number of rotatable bonds is 7. The lowest BCUT2D eigenvalue weighted by atomic mass is 10.3. The van der Waals surface area contributed by atoms with Crippen LogP contribution in [0.3, 0.4) is 0 Å². The Morgan fingerprint density at radius 1 is 1.36 bits per heavy atom. The van der Waals surface area contributed by atoms with E-state index in [9.17, 15) is 4.79 Å². The Balaban J connectivity index is 1.58. The van der Waals surface area contributed by atoms with Crippen molar-refractivity contribution in [1.82, 2.24) is 15.1 Å². The lowest BCUT2D eigenvalue weighted by Gasteiger charge is -2.34. The maximum Gasteiger partial charge on any atom is 0.317 e. The van der Waals surface area contributed by atoms with Crippen LogP contribution in [0.2, 0.25) is 0 Å². The van der Waals surface area contributed by atoms with Crippen molar-refractivity contribution in [2.24, 2.45) is 0 Å². The number of hydrogen-bond acceptors (Lipinski definition) is 4. The number of hydrogen-bond donors (Lipinski definition) is 1. The zero-order valence-corrected chi connectivity index (χ0v) is 14.4. The third-order valence-electron chi connectivity index (χ3n) is 3.67. The fourth-order valence-electron chi connectivity index (χ4n) is 2.43. The highest BCUT2D eigenvalue weighted by molar-refractivity contribution is 7.09. The average Bonchev–Trinajstić information content (AvgIpc) is 3.00. The normalized spacial score (nSPS) is 16.2. The zero-order valence-electron chi connectivity index (χ0n) is 13.6. The van der Waals surface area contributed by atoms with Crippen LogP contribution in [0.15, 0.2) is 17.5 Å². The van der Waals surface area contributed by atoms with Crippen molar-refractivity contribution in [2.75, 3.05) is 39.3 Å². The SMILES string of the molecule is CC(C)OCCCNC(=O)N1CCN(Cc2cccs2)CC1. The molecule has 2 rings (SSSR count). The van der Waals surface area contributed by atoms with Gasteiger partial charge in [-0.15, -0.1) is 11.3 Å². The van der Waals surface area contributed by atoms with Crippen molar-refractivity contribution >= 4 is 17.4 Å². The lowest BCUT2D eigenvalue weighted by molar-refractivity contribution is 0.0769. The molecule has 1 saturated heterocycles. The van der Waals surface area contributed by atoms with Gasteiger partial charge in [0, 0.05) is 50.8 Å². The van der Waals surface area contributed by atoms with Crippen LogP contribution in [-0.4, -0.2) is 61.3 Å². The minimum atomic E-state index is 0.0559. The molecule has 22 heavy (non-hydrogen) atoms. The molecule has 1 aromatic heterocycles. The van der Waals surface area contributed by atoms with Gasteiger partial charge in [0.05, 0.1) is 6.10 Å². The smallest absolute Gasteiger partial charge is 0.317 e. The molecule has 0 atom stereocenters. The van der Waals surface area contributed by atoms with Crippen LogP contribution in [0.4, 0.5) is 4.79 Å². The van der Waals surface area contributed by atoms with Crippen LogP contribution < -0.4 is 5.32 Å². The van der Waals surface area contributed by atoms with Gasteiger partial charge in [0.1, 0.15) is 0 Å². The summed E-state index contributed by atoms with van der Waals surface area (Å²) >= 11 is 1.79. The Morgan fingerprint density at radius 3 is 2.77 bits per heavy atom. The number of amides is 2. The second kappa shape index (κ2) is 9.12. The number of nitrogens with one attached hydrogen (secondary N) is 1. The van der Waals surface area contributed by atoms with Crippen LogP contribution in [0, 0.1) is 0 Å². The Labute approximate surface area is 137 Å². The molecule has 124 valence electrons. The Morgan fingerprint density at radius 2 is 2.14 bits per heavy atom. The van der Waals surface area contributed by atoms with Crippen molar-refractivity contribution in [2.45, 2.75) is 32.9 Å². The molecule has 2 heterocycles. The standard InChI is InChI=1S/C16H27N3O2S/c1-14(2)21-11-4-6-17-16(20)19-9-7-18(8-10-19)13-15-5-3-12-22-15/h3,5,12,14H,4,6-11,13H2,1-2H3,(H,17,20). The van der Waals surface area contributed by atoms with Gasteiger partial charge < -0.3 is 15.0 Å². The van der Waals surface area contributed by atoms with Crippen molar-refractivity contribution in [1.29, 1.82) is 0 Å². The van der Waals surface area contributed by atoms with Crippen LogP contribution in [0.5, 0.6) is 0 Å². The molecular weight excluding hydrogens is 298 g/mol. The molecule has 1 aliphatic rings. The van der Waals surface area contributed by atoms with Gasteiger partial charge in [0.2, 0.25) is 0 Å². The summed E-state index contributed by atoms with van der Waals surface area (Å²) in [6, 6.07) is 4.32. The van der Waals surface area contributed by atoms with E-state index in [2.05, 4.69) is 27.7 Å². The predicted molar refractivity (Wildman–Crippen MR) is 90.3 cm³/mol. The van der Waals surface area contributed by atoms with E-state index < -0.39 is 0 Å². The Kier molecular flexibility index (Phi) is 7.15. The summed E-state index contributed by atoms with van der Waals surface area (Å²) in [6.45, 7) is 9.93. The third kappa shape index (κ3) is 5.94. The molecule has 6 heteroatoms. The number of carbonyl (C=O) groups is 1. The molecular formula is C16H27N3O2S. The summed E-state index contributed by atoms with van der Waals surface area (Å²) in [5, 5.41) is 5.09. The zero-order chi connectivity index (χ0) is 15.8. The van der Waals surface area contributed by atoms with Gasteiger partial charge in [-0.3, -0.25) is 4.90 Å². The van der Waals surface area contributed by atoms with Gasteiger partial charge in [-0.05, 0) is 31.7 Å². The summed E-state index contributed by atoms with van der Waals surface area (Å²) in [7, 11) is 0. The van der Waals surface area contributed by atoms with E-state index in [0.717, 1.165) is 39.1 Å². The third-order valence-corrected chi connectivity index (χ3v) is 4.53. The molecule has 0 aliphatic carbocycles. The quantitative estimate of drug-likeness (QED) is 0.783. The fourth-order valence-corrected chi connectivity index (χ4v) is 3.18. The second-order valence-electron chi connectivity index (χ2n) is 5.85. The van der Waals surface area contributed by atoms with E-state index >= 15 is 0 Å². The number of piperazine rings is 1. The second-order valence-corrected chi connectivity index (χ2v) is 6.88. The molecule has 1 aromatic rings. The number of thiophene rings is 1. The lowest BCUT2D eigenvalue weighted by Crippen LogP contribution is -2.51. The van der Waals surface area contributed by atoms with E-state index in [1.807, 2.05) is 18.7 Å². The van der Waals surface area contributed by atoms with Crippen LogP contribution in [0.25, 0.3) is 0 Å². The van der Waals surface area contributed by atoms with Crippen molar-refractivity contribution in [3.05, 3.63) is 22.4 Å². The van der Waals surface area contributed by atoms with Gasteiger partial charge in [0.15, 0.2) is 0 Å². The molecule has 0 radical (unpaired) electrons. The molecule has 1 aliphatic heterocycles. The molecule has 0 unspecified atom stereocenters. The highest BCUT2D eigenvalue weighted by Gasteiger charge is 2.20. The first-order valence-electron chi connectivity index (χ1n) is 8.04. The summed E-state index contributed by atoms with van der Waals surface area (Å²) in [5.41, 5.74) is 0. The minimum Gasteiger partial charge on any atom is -0.379 e. The van der Waals surface area contributed by atoms with Gasteiger partial charge in [-0.1, -0.05) is 6.07 Å². The van der Waals surface area contributed by atoms with E-state index in [1.54, 1.807) is 11.3 Å².